The summed E-state index contributed by atoms with van der Waals surface area (Å²) in [6.45, 7) is 7.33. The normalized spacial score (nSPS) is 37.8. The Labute approximate surface area is 94.2 Å². The van der Waals surface area contributed by atoms with E-state index in [0.29, 0.717) is 17.5 Å². The van der Waals surface area contributed by atoms with Gasteiger partial charge >= 0.3 is 0 Å². The number of hydrogen-bond donors (Lipinski definition) is 1. The molecule has 1 aliphatic carbocycles. The summed E-state index contributed by atoms with van der Waals surface area (Å²) in [6, 6.07) is 1.13. The van der Waals surface area contributed by atoms with Crippen LogP contribution in [0.3, 0.4) is 0 Å². The van der Waals surface area contributed by atoms with Gasteiger partial charge in [0.1, 0.15) is 0 Å². The summed E-state index contributed by atoms with van der Waals surface area (Å²) in [4.78, 5) is 2.66. The van der Waals surface area contributed by atoms with E-state index in [-0.39, 0.29) is 0 Å². The summed E-state index contributed by atoms with van der Waals surface area (Å²) in [7, 11) is 0. The summed E-state index contributed by atoms with van der Waals surface area (Å²) in [5, 5.41) is 0. The second-order valence-electron chi connectivity index (χ2n) is 6.22. The molecule has 1 saturated carbocycles. The number of piperidine rings is 1. The molecule has 1 saturated heterocycles. The lowest BCUT2D eigenvalue weighted by molar-refractivity contribution is 0.0666. The van der Waals surface area contributed by atoms with Gasteiger partial charge in [0.25, 0.3) is 0 Å². The monoisotopic (exact) mass is 210 g/mol. The van der Waals surface area contributed by atoms with Gasteiger partial charge < -0.3 is 5.73 Å². The molecule has 2 fully saturated rings. The highest BCUT2D eigenvalue weighted by Gasteiger charge is 2.32. The first-order valence-corrected chi connectivity index (χ1v) is 6.58. The van der Waals surface area contributed by atoms with Crippen molar-refractivity contribution in [2.45, 2.75) is 64.5 Å². The third-order valence-corrected chi connectivity index (χ3v) is 4.40. The van der Waals surface area contributed by atoms with Gasteiger partial charge in [-0.15, -0.1) is 0 Å². The summed E-state index contributed by atoms with van der Waals surface area (Å²) >= 11 is 0. The highest BCUT2D eigenvalue weighted by atomic mass is 15.2. The molecule has 1 aliphatic heterocycles. The molecule has 0 aromatic carbocycles. The van der Waals surface area contributed by atoms with Crippen LogP contribution in [0.5, 0.6) is 0 Å². The van der Waals surface area contributed by atoms with Crippen LogP contribution in [0.2, 0.25) is 0 Å². The molecule has 2 rings (SSSR count). The maximum atomic E-state index is 6.24. The van der Waals surface area contributed by atoms with Crippen molar-refractivity contribution in [2.24, 2.45) is 11.1 Å². The Kier molecular flexibility index (Phi) is 3.36. The fourth-order valence-corrected chi connectivity index (χ4v) is 3.05. The van der Waals surface area contributed by atoms with E-state index in [9.17, 15) is 0 Å². The molecule has 0 spiro atoms. The van der Waals surface area contributed by atoms with E-state index in [1.807, 2.05) is 0 Å². The second-order valence-corrected chi connectivity index (χ2v) is 6.22. The van der Waals surface area contributed by atoms with Crippen LogP contribution in [0.1, 0.15) is 52.4 Å². The molecule has 2 N–H and O–H groups in total. The summed E-state index contributed by atoms with van der Waals surface area (Å²) in [5.74, 6) is 0. The minimum Gasteiger partial charge on any atom is -0.326 e. The molecule has 0 amide bonds. The molecule has 2 nitrogen and oxygen atoms in total. The Bertz CT molecular complexity index is 203. The lowest BCUT2D eigenvalue weighted by Crippen LogP contribution is -2.52. The van der Waals surface area contributed by atoms with Gasteiger partial charge in [0.05, 0.1) is 0 Å². The molecule has 2 aliphatic rings. The van der Waals surface area contributed by atoms with Crippen LogP contribution < -0.4 is 5.73 Å². The number of hydrogen-bond acceptors (Lipinski definition) is 2. The smallest absolute Gasteiger partial charge is 0.0247 e. The van der Waals surface area contributed by atoms with Crippen molar-refractivity contribution in [1.82, 2.24) is 4.90 Å². The molecule has 15 heavy (non-hydrogen) atoms. The van der Waals surface area contributed by atoms with E-state index in [2.05, 4.69) is 18.7 Å². The van der Waals surface area contributed by atoms with Crippen LogP contribution in [0.4, 0.5) is 0 Å². The standard InChI is InChI=1S/C13H26N2/c1-13(2)7-9-15(10-8-13)12-6-4-3-5-11(12)14/h11-12H,3-10,14H2,1-2H3. The Morgan fingerprint density at radius 3 is 2.27 bits per heavy atom. The fourth-order valence-electron chi connectivity index (χ4n) is 3.05. The first-order chi connectivity index (χ1) is 7.08. The average Bonchev–Trinajstić information content (AvgIpc) is 2.19. The highest BCUT2D eigenvalue weighted by molar-refractivity contribution is 4.89. The second kappa shape index (κ2) is 4.42. The lowest BCUT2D eigenvalue weighted by Gasteiger charge is -2.44. The van der Waals surface area contributed by atoms with Crippen molar-refractivity contribution in [3.63, 3.8) is 0 Å². The van der Waals surface area contributed by atoms with E-state index in [4.69, 9.17) is 5.73 Å². The zero-order valence-corrected chi connectivity index (χ0v) is 10.3. The lowest BCUT2D eigenvalue weighted by atomic mass is 9.80. The molecule has 2 atom stereocenters. The van der Waals surface area contributed by atoms with Crippen LogP contribution in [-0.4, -0.2) is 30.1 Å². The Balaban J connectivity index is 1.89. The minimum atomic E-state index is 0.444. The van der Waals surface area contributed by atoms with Gasteiger partial charge in [-0.1, -0.05) is 26.7 Å². The maximum absolute atomic E-state index is 6.24. The quantitative estimate of drug-likeness (QED) is 0.720. The van der Waals surface area contributed by atoms with E-state index < -0.39 is 0 Å². The minimum absolute atomic E-state index is 0.444. The van der Waals surface area contributed by atoms with E-state index in [0.717, 1.165) is 0 Å². The summed E-state index contributed by atoms with van der Waals surface area (Å²) in [5.41, 5.74) is 6.80. The van der Waals surface area contributed by atoms with E-state index in [1.54, 1.807) is 0 Å². The van der Waals surface area contributed by atoms with Crippen molar-refractivity contribution in [3.05, 3.63) is 0 Å². The zero-order valence-electron chi connectivity index (χ0n) is 10.3. The third-order valence-electron chi connectivity index (χ3n) is 4.40. The molecule has 88 valence electrons. The van der Waals surface area contributed by atoms with Gasteiger partial charge in [0.2, 0.25) is 0 Å². The Hall–Kier alpha value is -0.0800. The number of likely N-dealkylation sites (tertiary alicyclic amines) is 1. The number of nitrogens with two attached hydrogens (primary N) is 1. The van der Waals surface area contributed by atoms with Gasteiger partial charge in [-0.05, 0) is 44.2 Å². The molecule has 2 heteroatoms. The molecule has 0 bridgehead atoms. The predicted octanol–water partition coefficient (Wildman–Crippen LogP) is 2.38. The maximum Gasteiger partial charge on any atom is 0.0247 e. The molecular weight excluding hydrogens is 184 g/mol. The van der Waals surface area contributed by atoms with Crippen molar-refractivity contribution < 1.29 is 0 Å². The number of rotatable bonds is 1. The van der Waals surface area contributed by atoms with Crippen molar-refractivity contribution in [3.8, 4) is 0 Å². The van der Waals surface area contributed by atoms with Crippen LogP contribution in [0.25, 0.3) is 0 Å². The third kappa shape index (κ3) is 2.73. The van der Waals surface area contributed by atoms with Crippen LogP contribution in [0.15, 0.2) is 0 Å². The molecule has 0 aromatic rings. The largest absolute Gasteiger partial charge is 0.326 e. The van der Waals surface area contributed by atoms with Gasteiger partial charge in [-0.2, -0.15) is 0 Å². The van der Waals surface area contributed by atoms with E-state index in [1.165, 1.54) is 51.6 Å². The average molecular weight is 210 g/mol. The van der Waals surface area contributed by atoms with Gasteiger partial charge in [-0.25, -0.2) is 0 Å². The molecule has 0 radical (unpaired) electrons. The topological polar surface area (TPSA) is 29.3 Å². The van der Waals surface area contributed by atoms with Gasteiger partial charge in [0, 0.05) is 12.1 Å². The van der Waals surface area contributed by atoms with Gasteiger partial charge in [-0.3, -0.25) is 4.90 Å². The fraction of sp³-hybridized carbons (Fsp3) is 1.00. The first kappa shape index (κ1) is 11.4. The van der Waals surface area contributed by atoms with E-state index >= 15 is 0 Å². The summed E-state index contributed by atoms with van der Waals surface area (Å²) in [6.07, 6.45) is 7.99. The van der Waals surface area contributed by atoms with Gasteiger partial charge in [0.15, 0.2) is 0 Å². The SMILES string of the molecule is CC1(C)CCN(C2CCCCC2N)CC1. The van der Waals surface area contributed by atoms with Crippen LogP contribution in [0, 0.1) is 5.41 Å². The van der Waals surface area contributed by atoms with Crippen molar-refractivity contribution in [2.75, 3.05) is 13.1 Å². The highest BCUT2D eigenvalue weighted by Crippen LogP contribution is 2.33. The van der Waals surface area contributed by atoms with Crippen molar-refractivity contribution in [1.29, 1.82) is 0 Å². The van der Waals surface area contributed by atoms with Crippen LogP contribution >= 0.6 is 0 Å². The molecule has 1 heterocycles. The Morgan fingerprint density at radius 1 is 1.07 bits per heavy atom. The molecular formula is C13H26N2. The zero-order chi connectivity index (χ0) is 10.9. The predicted molar refractivity (Wildman–Crippen MR) is 64.8 cm³/mol. The molecule has 0 aromatic heterocycles. The molecule has 2 unspecified atom stereocenters. The summed E-state index contributed by atoms with van der Waals surface area (Å²) < 4.78 is 0. The first-order valence-electron chi connectivity index (χ1n) is 6.58. The van der Waals surface area contributed by atoms with Crippen molar-refractivity contribution >= 4 is 0 Å². The van der Waals surface area contributed by atoms with Crippen LogP contribution in [-0.2, 0) is 0 Å². The number of nitrogens with zero attached hydrogens (tertiary/aromatic N) is 1. The Morgan fingerprint density at radius 2 is 1.67 bits per heavy atom.